The number of imide groups is 1. The highest BCUT2D eigenvalue weighted by Crippen LogP contribution is 2.27. The summed E-state index contributed by atoms with van der Waals surface area (Å²) in [5, 5.41) is 2.31. The minimum atomic E-state index is -0.372. The lowest BCUT2D eigenvalue weighted by atomic mass is 10.1. The summed E-state index contributed by atoms with van der Waals surface area (Å²) >= 11 is 0. The van der Waals surface area contributed by atoms with E-state index in [0.29, 0.717) is 26.1 Å². The number of ether oxygens (including phenoxy) is 1. The SMILES string of the molecule is CCOc1ccc(C)c(N2CCC(=O)NC2=O)c1.NCc1ccc(CN2CCN(C=O)CC2)cc1. The van der Waals surface area contributed by atoms with E-state index < -0.39 is 0 Å². The summed E-state index contributed by atoms with van der Waals surface area (Å²) in [7, 11) is 0. The van der Waals surface area contributed by atoms with Crippen molar-refractivity contribution in [3.05, 3.63) is 59.2 Å². The number of nitrogens with one attached hydrogen (secondary N) is 1. The highest BCUT2D eigenvalue weighted by Gasteiger charge is 2.25. The van der Waals surface area contributed by atoms with Crippen molar-refractivity contribution in [3.63, 3.8) is 0 Å². The predicted octanol–water partition coefficient (Wildman–Crippen LogP) is 2.26. The number of amides is 4. The second kappa shape index (κ2) is 12.9. The molecule has 2 aliphatic rings. The van der Waals surface area contributed by atoms with E-state index in [1.54, 1.807) is 4.90 Å². The van der Waals surface area contributed by atoms with Crippen molar-refractivity contribution in [2.75, 3.05) is 44.2 Å². The Hall–Kier alpha value is -3.43. The summed E-state index contributed by atoms with van der Waals surface area (Å²) in [5.41, 5.74) is 9.80. The molecule has 0 aromatic heterocycles. The lowest BCUT2D eigenvalue weighted by Crippen LogP contribution is -2.49. The smallest absolute Gasteiger partial charge is 0.328 e. The van der Waals surface area contributed by atoms with Gasteiger partial charge in [0.2, 0.25) is 12.3 Å². The maximum Gasteiger partial charge on any atom is 0.328 e. The average molecular weight is 482 g/mol. The van der Waals surface area contributed by atoms with Crippen molar-refractivity contribution >= 4 is 24.0 Å². The van der Waals surface area contributed by atoms with Gasteiger partial charge in [-0.15, -0.1) is 0 Å². The fourth-order valence-electron chi connectivity index (χ4n) is 4.00. The third-order valence-electron chi connectivity index (χ3n) is 6.06. The Morgan fingerprint density at radius 2 is 1.69 bits per heavy atom. The topological polar surface area (TPSA) is 108 Å². The second-order valence-corrected chi connectivity index (χ2v) is 8.57. The van der Waals surface area contributed by atoms with Crippen LogP contribution in [0.3, 0.4) is 0 Å². The minimum absolute atomic E-state index is 0.227. The van der Waals surface area contributed by atoms with Crippen LogP contribution in [0.25, 0.3) is 0 Å². The van der Waals surface area contributed by atoms with Crippen molar-refractivity contribution in [1.82, 2.24) is 15.1 Å². The summed E-state index contributed by atoms with van der Waals surface area (Å²) in [6, 6.07) is 13.7. The molecule has 3 N–H and O–H groups in total. The molecule has 0 aliphatic carbocycles. The molecule has 2 aromatic rings. The Labute approximate surface area is 206 Å². The number of carbonyl (C=O) groups excluding carboxylic acids is 3. The minimum Gasteiger partial charge on any atom is -0.494 e. The van der Waals surface area contributed by atoms with Gasteiger partial charge in [-0.05, 0) is 36.6 Å². The van der Waals surface area contributed by atoms with E-state index >= 15 is 0 Å². The van der Waals surface area contributed by atoms with Crippen LogP contribution in [0.2, 0.25) is 0 Å². The number of urea groups is 1. The van der Waals surface area contributed by atoms with Crippen LogP contribution in [0, 0.1) is 6.92 Å². The number of aryl methyl sites for hydroxylation is 1. The molecule has 4 rings (SSSR count). The van der Waals surface area contributed by atoms with Crippen molar-refractivity contribution in [1.29, 1.82) is 0 Å². The molecular formula is C26H35N5O4. The third-order valence-corrected chi connectivity index (χ3v) is 6.06. The molecule has 2 heterocycles. The maximum atomic E-state index is 11.8. The van der Waals surface area contributed by atoms with Gasteiger partial charge in [-0.1, -0.05) is 30.3 Å². The standard InChI is InChI=1S/C13H19N3O.C13H16N2O3/c14-9-12-1-3-13(4-2-12)10-15-5-7-16(11-17)8-6-15;1-3-18-10-5-4-9(2)11(8-10)15-7-6-12(16)14-13(15)17/h1-4,11H,5-10,14H2;4-5,8H,3,6-7H2,1-2H3,(H,14,16,17). The van der Waals surface area contributed by atoms with Crippen LogP contribution in [0.4, 0.5) is 10.5 Å². The number of hydrogen-bond donors (Lipinski definition) is 2. The van der Waals surface area contributed by atoms with Gasteiger partial charge in [0.15, 0.2) is 0 Å². The van der Waals surface area contributed by atoms with Crippen molar-refractivity contribution in [3.8, 4) is 5.75 Å². The predicted molar refractivity (Wildman–Crippen MR) is 135 cm³/mol. The quantitative estimate of drug-likeness (QED) is 0.588. The zero-order chi connectivity index (χ0) is 25.2. The zero-order valence-electron chi connectivity index (χ0n) is 20.5. The van der Waals surface area contributed by atoms with Gasteiger partial charge >= 0.3 is 6.03 Å². The molecule has 0 radical (unpaired) electrons. The number of benzene rings is 2. The van der Waals surface area contributed by atoms with Crippen LogP contribution >= 0.6 is 0 Å². The van der Waals surface area contributed by atoms with Crippen molar-refractivity contribution < 1.29 is 19.1 Å². The first-order valence-corrected chi connectivity index (χ1v) is 12.0. The number of carbonyl (C=O) groups is 3. The van der Waals surface area contributed by atoms with Gasteiger partial charge in [0.05, 0.1) is 12.3 Å². The molecule has 9 nitrogen and oxygen atoms in total. The number of nitrogens with zero attached hydrogens (tertiary/aromatic N) is 3. The number of rotatable bonds is 7. The summed E-state index contributed by atoms with van der Waals surface area (Å²) in [4.78, 5) is 39.3. The highest BCUT2D eigenvalue weighted by molar-refractivity contribution is 6.06. The van der Waals surface area contributed by atoms with E-state index in [-0.39, 0.29) is 11.9 Å². The van der Waals surface area contributed by atoms with Gasteiger partial charge in [0, 0.05) is 58.3 Å². The average Bonchev–Trinajstić information content (AvgIpc) is 2.87. The van der Waals surface area contributed by atoms with Crippen molar-refractivity contribution in [2.24, 2.45) is 5.73 Å². The third kappa shape index (κ3) is 7.53. The lowest BCUT2D eigenvalue weighted by molar-refractivity contribution is -0.120. The van der Waals surface area contributed by atoms with Crippen LogP contribution in [-0.2, 0) is 22.7 Å². The first-order chi connectivity index (χ1) is 16.9. The monoisotopic (exact) mass is 481 g/mol. The largest absolute Gasteiger partial charge is 0.494 e. The van der Waals surface area contributed by atoms with Crippen LogP contribution in [0.15, 0.2) is 42.5 Å². The van der Waals surface area contributed by atoms with Crippen molar-refractivity contribution in [2.45, 2.75) is 33.4 Å². The summed E-state index contributed by atoms with van der Waals surface area (Å²) in [5.74, 6) is 0.498. The Balaban J connectivity index is 0.000000196. The van der Waals surface area contributed by atoms with E-state index in [9.17, 15) is 14.4 Å². The van der Waals surface area contributed by atoms with E-state index in [1.165, 1.54) is 11.1 Å². The first-order valence-electron chi connectivity index (χ1n) is 12.0. The Morgan fingerprint density at radius 1 is 1.00 bits per heavy atom. The molecule has 2 saturated heterocycles. The van der Waals surface area contributed by atoms with E-state index in [0.717, 1.165) is 56.1 Å². The van der Waals surface area contributed by atoms with Gasteiger partial charge in [0.1, 0.15) is 5.75 Å². The Morgan fingerprint density at radius 3 is 2.29 bits per heavy atom. The summed E-state index contributed by atoms with van der Waals surface area (Å²) < 4.78 is 5.42. The molecule has 0 atom stereocenters. The molecule has 0 saturated carbocycles. The molecule has 0 spiro atoms. The fraction of sp³-hybridized carbons (Fsp3) is 0.423. The van der Waals surface area contributed by atoms with Crippen LogP contribution in [0.5, 0.6) is 5.75 Å². The number of piperazine rings is 1. The zero-order valence-corrected chi connectivity index (χ0v) is 20.5. The summed E-state index contributed by atoms with van der Waals surface area (Å²) in [6.45, 7) is 9.95. The molecule has 2 aromatic carbocycles. The molecule has 0 unspecified atom stereocenters. The van der Waals surface area contributed by atoms with Crippen LogP contribution in [-0.4, -0.2) is 67.5 Å². The van der Waals surface area contributed by atoms with Gasteiger partial charge < -0.3 is 15.4 Å². The molecule has 4 amide bonds. The van der Waals surface area contributed by atoms with Gasteiger partial charge in [-0.25, -0.2) is 4.79 Å². The van der Waals surface area contributed by atoms with Crippen LogP contribution in [0.1, 0.15) is 30.0 Å². The molecular weight excluding hydrogens is 446 g/mol. The second-order valence-electron chi connectivity index (χ2n) is 8.57. The molecule has 9 heteroatoms. The lowest BCUT2D eigenvalue weighted by Gasteiger charge is -2.32. The molecule has 2 fully saturated rings. The van der Waals surface area contributed by atoms with Gasteiger partial charge in [-0.2, -0.15) is 0 Å². The van der Waals surface area contributed by atoms with E-state index in [1.807, 2.05) is 36.9 Å². The maximum absolute atomic E-state index is 11.8. The summed E-state index contributed by atoms with van der Waals surface area (Å²) in [6.07, 6.45) is 1.26. The van der Waals surface area contributed by atoms with Gasteiger partial charge in [-0.3, -0.25) is 24.7 Å². The Bertz CT molecular complexity index is 1000. The highest BCUT2D eigenvalue weighted by atomic mass is 16.5. The van der Waals surface area contributed by atoms with Gasteiger partial charge in [0.25, 0.3) is 0 Å². The normalized spacial score (nSPS) is 16.3. The van der Waals surface area contributed by atoms with Crippen LogP contribution < -0.4 is 20.7 Å². The fourth-order valence-corrected chi connectivity index (χ4v) is 4.00. The van der Waals surface area contributed by atoms with E-state index in [4.69, 9.17) is 10.5 Å². The number of anilines is 1. The molecule has 188 valence electrons. The molecule has 2 aliphatic heterocycles. The number of hydrogen-bond acceptors (Lipinski definition) is 6. The molecule has 35 heavy (non-hydrogen) atoms. The first kappa shape index (κ1) is 26.2. The molecule has 0 bridgehead atoms. The van der Waals surface area contributed by atoms with E-state index in [2.05, 4.69) is 34.5 Å². The number of nitrogens with two attached hydrogens (primary N) is 1. The Kier molecular flexibility index (Phi) is 9.63.